The topological polar surface area (TPSA) is 59.2 Å². The fraction of sp³-hybridized carbons (Fsp3) is 0.250. The molecule has 3 rings (SSSR count). The van der Waals surface area contributed by atoms with Crippen LogP contribution in [0.1, 0.15) is 34.0 Å². The largest absolute Gasteiger partial charge is 0.433 e. The molecule has 8 heteroatoms. The smallest absolute Gasteiger partial charge is 0.316 e. The third-order valence-corrected chi connectivity index (χ3v) is 5.30. The van der Waals surface area contributed by atoms with Crippen molar-refractivity contribution in [2.24, 2.45) is 5.73 Å². The van der Waals surface area contributed by atoms with Gasteiger partial charge >= 0.3 is 6.18 Å². The number of pyridine rings is 1. The van der Waals surface area contributed by atoms with E-state index in [4.69, 9.17) is 5.73 Å². The number of carbonyl (C=O) groups is 1. The van der Waals surface area contributed by atoms with E-state index in [-0.39, 0.29) is 13.0 Å². The Labute approximate surface area is 183 Å². The lowest BCUT2D eigenvalue weighted by Crippen LogP contribution is -2.40. The Morgan fingerprint density at radius 2 is 1.72 bits per heavy atom. The molecule has 0 aliphatic carbocycles. The summed E-state index contributed by atoms with van der Waals surface area (Å²) in [4.78, 5) is 18.2. The van der Waals surface area contributed by atoms with Gasteiger partial charge in [-0.15, -0.1) is 0 Å². The molecule has 2 aromatic carbocycles. The number of nitrogens with two attached hydrogens (primary N) is 1. The van der Waals surface area contributed by atoms with Crippen molar-refractivity contribution in [2.75, 3.05) is 11.4 Å². The summed E-state index contributed by atoms with van der Waals surface area (Å²) in [5.74, 6) is -0.839. The number of aromatic nitrogens is 1. The first-order valence-corrected chi connectivity index (χ1v) is 9.98. The normalized spacial score (nSPS) is 12.5. The maximum atomic E-state index is 13.3. The van der Waals surface area contributed by atoms with Gasteiger partial charge in [-0.2, -0.15) is 13.2 Å². The van der Waals surface area contributed by atoms with Crippen molar-refractivity contribution in [3.05, 3.63) is 94.6 Å². The first kappa shape index (κ1) is 23.4. The zero-order chi connectivity index (χ0) is 23.5. The highest BCUT2D eigenvalue weighted by Gasteiger charge is 2.32. The van der Waals surface area contributed by atoms with Gasteiger partial charge in [-0.25, -0.2) is 4.39 Å². The van der Waals surface area contributed by atoms with Crippen molar-refractivity contribution in [1.29, 1.82) is 0 Å². The van der Waals surface area contributed by atoms with Gasteiger partial charge in [-0.1, -0.05) is 24.3 Å². The molecule has 1 atom stereocenters. The van der Waals surface area contributed by atoms with Gasteiger partial charge in [0, 0.05) is 18.4 Å². The minimum Gasteiger partial charge on any atom is -0.316 e. The van der Waals surface area contributed by atoms with Gasteiger partial charge in [-0.3, -0.25) is 9.78 Å². The van der Waals surface area contributed by atoms with Crippen LogP contribution >= 0.6 is 0 Å². The molecule has 3 aromatic rings. The van der Waals surface area contributed by atoms with Gasteiger partial charge in [0.1, 0.15) is 17.6 Å². The molecule has 0 spiro atoms. The van der Waals surface area contributed by atoms with Crippen LogP contribution in [-0.4, -0.2) is 17.4 Å². The van der Waals surface area contributed by atoms with Gasteiger partial charge in [0.05, 0.1) is 0 Å². The van der Waals surface area contributed by atoms with Crippen LogP contribution in [0, 0.1) is 19.7 Å². The summed E-state index contributed by atoms with van der Waals surface area (Å²) in [5, 5.41) is 0. The first-order chi connectivity index (χ1) is 15.1. The van der Waals surface area contributed by atoms with E-state index in [9.17, 15) is 22.4 Å². The number of alkyl halides is 3. The molecule has 0 aliphatic heterocycles. The van der Waals surface area contributed by atoms with Gasteiger partial charge in [0.25, 0.3) is 0 Å². The second-order valence-electron chi connectivity index (χ2n) is 7.59. The zero-order valence-corrected chi connectivity index (χ0v) is 17.7. The Morgan fingerprint density at radius 1 is 1.03 bits per heavy atom. The molecule has 168 valence electrons. The van der Waals surface area contributed by atoms with Crippen molar-refractivity contribution in [1.82, 2.24) is 4.98 Å². The van der Waals surface area contributed by atoms with Gasteiger partial charge in [-0.05, 0) is 72.9 Å². The number of carbonyl (C=O) groups excluding carboxylic acids is 1. The van der Waals surface area contributed by atoms with Crippen molar-refractivity contribution in [3.63, 3.8) is 0 Å². The molecule has 0 fully saturated rings. The molecule has 1 unspecified atom stereocenters. The average Bonchev–Trinajstić information content (AvgIpc) is 2.76. The van der Waals surface area contributed by atoms with Crippen molar-refractivity contribution in [3.8, 4) is 0 Å². The molecule has 0 radical (unpaired) electrons. The third kappa shape index (κ3) is 5.50. The van der Waals surface area contributed by atoms with Crippen LogP contribution in [0.3, 0.4) is 0 Å². The fourth-order valence-electron chi connectivity index (χ4n) is 3.22. The number of anilines is 1. The molecular weight excluding hydrogens is 422 g/mol. The Hall–Kier alpha value is -3.26. The lowest BCUT2D eigenvalue weighted by molar-refractivity contribution is -0.141. The number of aryl methyl sites for hydroxylation is 2. The number of hydrogen-bond acceptors (Lipinski definition) is 3. The van der Waals surface area contributed by atoms with Crippen LogP contribution in [0.5, 0.6) is 0 Å². The van der Waals surface area contributed by atoms with Crippen LogP contribution in [-0.2, 0) is 17.4 Å². The van der Waals surface area contributed by atoms with Crippen LogP contribution in [0.2, 0.25) is 0 Å². The van der Waals surface area contributed by atoms with Crippen LogP contribution in [0.15, 0.2) is 60.8 Å². The summed E-state index contributed by atoms with van der Waals surface area (Å²) in [5.41, 5.74) is 8.87. The molecule has 4 nitrogen and oxygen atoms in total. The molecule has 2 N–H and O–H groups in total. The van der Waals surface area contributed by atoms with E-state index in [1.807, 2.05) is 26.0 Å². The van der Waals surface area contributed by atoms with E-state index in [1.165, 1.54) is 35.2 Å². The number of benzene rings is 2. The van der Waals surface area contributed by atoms with Gasteiger partial charge in [0.2, 0.25) is 5.91 Å². The van der Waals surface area contributed by atoms with Crippen molar-refractivity contribution >= 4 is 11.6 Å². The third-order valence-electron chi connectivity index (χ3n) is 5.30. The highest BCUT2D eigenvalue weighted by Crippen LogP contribution is 2.28. The summed E-state index contributed by atoms with van der Waals surface area (Å²) in [7, 11) is 0. The molecule has 0 aliphatic rings. The minimum absolute atomic E-state index is 0.184. The quantitative estimate of drug-likeness (QED) is 0.535. The monoisotopic (exact) mass is 445 g/mol. The van der Waals surface area contributed by atoms with Crippen LogP contribution < -0.4 is 10.6 Å². The first-order valence-electron chi connectivity index (χ1n) is 9.98. The molecular formula is C24H23F4N3O. The molecule has 0 saturated carbocycles. The summed E-state index contributed by atoms with van der Waals surface area (Å²) < 4.78 is 51.5. The van der Waals surface area contributed by atoms with E-state index >= 15 is 0 Å². The minimum atomic E-state index is -4.51. The fourth-order valence-corrected chi connectivity index (χ4v) is 3.22. The van der Waals surface area contributed by atoms with Crippen molar-refractivity contribution in [2.45, 2.75) is 32.5 Å². The number of rotatable bonds is 6. The predicted molar refractivity (Wildman–Crippen MR) is 115 cm³/mol. The Morgan fingerprint density at radius 3 is 2.28 bits per heavy atom. The number of halogens is 4. The van der Waals surface area contributed by atoms with E-state index in [0.717, 1.165) is 23.4 Å². The molecule has 0 saturated heterocycles. The second-order valence-corrected chi connectivity index (χ2v) is 7.59. The van der Waals surface area contributed by atoms with E-state index in [0.29, 0.717) is 16.8 Å². The van der Waals surface area contributed by atoms with Crippen molar-refractivity contribution < 1.29 is 22.4 Å². The molecule has 1 heterocycles. The maximum Gasteiger partial charge on any atom is 0.433 e. The highest BCUT2D eigenvalue weighted by molar-refractivity contribution is 5.97. The molecule has 1 aromatic heterocycles. The summed E-state index contributed by atoms with van der Waals surface area (Å²) in [6.45, 7) is 4.05. The van der Waals surface area contributed by atoms with E-state index < -0.39 is 29.6 Å². The number of amides is 1. The summed E-state index contributed by atoms with van der Waals surface area (Å²) in [6.07, 6.45) is -3.08. The number of hydrogen-bond donors (Lipinski definition) is 1. The molecule has 0 bridgehead atoms. The standard InChI is InChI=1S/C24H23F4N3O/c1-15-3-9-20(13-16(15)2)31(23(32)22(29)18-5-7-19(25)8-6-18)12-11-17-4-10-21(30-14-17)24(26,27)28/h3-10,13-14,22H,11-12,29H2,1-2H3. The average molecular weight is 445 g/mol. The van der Waals surface area contributed by atoms with E-state index in [1.54, 1.807) is 6.07 Å². The van der Waals surface area contributed by atoms with Crippen LogP contribution in [0.25, 0.3) is 0 Å². The second kappa shape index (κ2) is 9.48. The van der Waals surface area contributed by atoms with Crippen LogP contribution in [0.4, 0.5) is 23.2 Å². The summed E-state index contributed by atoms with van der Waals surface area (Å²) in [6, 6.07) is 12.1. The Bertz CT molecular complexity index is 1080. The lowest BCUT2D eigenvalue weighted by Gasteiger charge is -2.27. The van der Waals surface area contributed by atoms with E-state index in [2.05, 4.69) is 4.98 Å². The highest BCUT2D eigenvalue weighted by atomic mass is 19.4. The summed E-state index contributed by atoms with van der Waals surface area (Å²) >= 11 is 0. The molecule has 32 heavy (non-hydrogen) atoms. The zero-order valence-electron chi connectivity index (χ0n) is 17.7. The predicted octanol–water partition coefficient (Wildman–Crippen LogP) is 5.13. The van der Waals surface area contributed by atoms with Gasteiger partial charge in [0.15, 0.2) is 0 Å². The lowest BCUT2D eigenvalue weighted by atomic mass is 10.0. The molecule has 1 amide bonds. The Balaban J connectivity index is 1.86. The number of nitrogens with zero attached hydrogens (tertiary/aromatic N) is 2. The Kier molecular flexibility index (Phi) is 6.93. The van der Waals surface area contributed by atoms with Gasteiger partial charge < -0.3 is 10.6 Å². The SMILES string of the molecule is Cc1ccc(N(CCc2ccc(C(F)(F)F)nc2)C(=O)C(N)c2ccc(F)cc2)cc1C. The maximum absolute atomic E-state index is 13.3.